The molecule has 0 unspecified atom stereocenters. The van der Waals surface area contributed by atoms with Crippen LogP contribution in [0.15, 0.2) is 61.2 Å². The molecule has 3 heterocycles. The minimum atomic E-state index is -0.483. The molecular weight excluding hydrogens is 342 g/mol. The number of benzene rings is 1. The van der Waals surface area contributed by atoms with Crippen LogP contribution < -0.4 is 10.2 Å². The number of aromatic nitrogens is 5. The van der Waals surface area contributed by atoms with Gasteiger partial charge in [0.1, 0.15) is 0 Å². The molecule has 2 aromatic heterocycles. The van der Waals surface area contributed by atoms with Gasteiger partial charge in [-0.2, -0.15) is 0 Å². The van der Waals surface area contributed by atoms with Crippen molar-refractivity contribution in [1.82, 2.24) is 30.3 Å². The summed E-state index contributed by atoms with van der Waals surface area (Å²) in [7, 11) is 0. The third-order valence-corrected chi connectivity index (χ3v) is 4.79. The number of nitrogens with one attached hydrogen (secondary N) is 1. The van der Waals surface area contributed by atoms with Crippen molar-refractivity contribution in [2.75, 3.05) is 24.5 Å². The number of hydrogen-bond donors (Lipinski definition) is 1. The lowest BCUT2D eigenvalue weighted by Crippen LogP contribution is -2.65. The van der Waals surface area contributed by atoms with Crippen molar-refractivity contribution in [3.8, 4) is 0 Å². The Morgan fingerprint density at radius 1 is 1.07 bits per heavy atom. The molecule has 1 N–H and O–H groups in total. The van der Waals surface area contributed by atoms with E-state index in [1.165, 1.54) is 0 Å². The maximum absolute atomic E-state index is 13.0. The average molecular weight is 363 g/mol. The maximum atomic E-state index is 13.0. The smallest absolute Gasteiger partial charge is 0.230 e. The largest absolute Gasteiger partial charge is 0.354 e. The van der Waals surface area contributed by atoms with Crippen LogP contribution in [0.1, 0.15) is 5.56 Å². The molecule has 1 aliphatic rings. The summed E-state index contributed by atoms with van der Waals surface area (Å²) in [4.78, 5) is 23.7. The van der Waals surface area contributed by atoms with Gasteiger partial charge >= 0.3 is 0 Å². The third kappa shape index (κ3) is 3.79. The zero-order valence-corrected chi connectivity index (χ0v) is 14.9. The fraction of sp³-hybridized carbons (Fsp3) is 0.316. The Hall–Kier alpha value is -3.29. The van der Waals surface area contributed by atoms with Gasteiger partial charge in [0.2, 0.25) is 11.9 Å². The van der Waals surface area contributed by atoms with E-state index in [0.717, 1.165) is 5.56 Å². The fourth-order valence-electron chi connectivity index (χ4n) is 3.43. The molecule has 27 heavy (non-hydrogen) atoms. The molecule has 138 valence electrons. The maximum Gasteiger partial charge on any atom is 0.230 e. The lowest BCUT2D eigenvalue weighted by Gasteiger charge is -2.49. The molecule has 0 radical (unpaired) electrons. The van der Waals surface area contributed by atoms with E-state index >= 15 is 0 Å². The molecule has 8 heteroatoms. The van der Waals surface area contributed by atoms with Crippen LogP contribution in [0.2, 0.25) is 0 Å². The molecule has 1 amide bonds. The second kappa shape index (κ2) is 7.53. The summed E-state index contributed by atoms with van der Waals surface area (Å²) in [6, 6.07) is 11.9. The molecule has 0 spiro atoms. The molecule has 1 saturated heterocycles. The molecule has 0 bridgehead atoms. The summed E-state index contributed by atoms with van der Waals surface area (Å²) in [5, 5.41) is 10.8. The minimum Gasteiger partial charge on any atom is -0.354 e. The Labute approximate surface area is 157 Å². The van der Waals surface area contributed by atoms with Crippen LogP contribution in [0.4, 0.5) is 5.95 Å². The molecule has 1 aliphatic heterocycles. The standard InChI is InChI=1S/C19H21N7O/c27-17(20-9-11-26-12-10-23-24-26)19(13-16-5-2-1-3-6-16)14-25(15-19)18-21-7-4-8-22-18/h1-8,10,12H,9,11,13-15H2,(H,20,27). The van der Waals surface area contributed by atoms with Gasteiger partial charge in [-0.1, -0.05) is 35.5 Å². The summed E-state index contributed by atoms with van der Waals surface area (Å²) in [5.74, 6) is 0.718. The minimum absolute atomic E-state index is 0.0543. The highest BCUT2D eigenvalue weighted by Crippen LogP contribution is 2.36. The highest BCUT2D eigenvalue weighted by Gasteiger charge is 2.49. The molecule has 0 saturated carbocycles. The molecule has 0 atom stereocenters. The first kappa shape index (κ1) is 17.1. The van der Waals surface area contributed by atoms with Crippen LogP contribution in [-0.2, 0) is 17.8 Å². The summed E-state index contributed by atoms with van der Waals surface area (Å²) in [5.41, 5.74) is 0.667. The van der Waals surface area contributed by atoms with Crippen molar-refractivity contribution in [2.24, 2.45) is 5.41 Å². The predicted molar refractivity (Wildman–Crippen MR) is 99.9 cm³/mol. The number of carbonyl (C=O) groups is 1. The molecule has 1 aromatic carbocycles. The van der Waals surface area contributed by atoms with Gasteiger partial charge in [0.25, 0.3) is 0 Å². The van der Waals surface area contributed by atoms with E-state index in [4.69, 9.17) is 0 Å². The van der Waals surface area contributed by atoms with Gasteiger partial charge in [-0.05, 0) is 18.1 Å². The van der Waals surface area contributed by atoms with Crippen LogP contribution in [0.5, 0.6) is 0 Å². The molecule has 8 nitrogen and oxygen atoms in total. The monoisotopic (exact) mass is 363 g/mol. The van der Waals surface area contributed by atoms with E-state index in [1.807, 2.05) is 23.1 Å². The molecular formula is C19H21N7O. The van der Waals surface area contributed by atoms with Gasteiger partial charge in [-0.25, -0.2) is 9.97 Å². The summed E-state index contributed by atoms with van der Waals surface area (Å²) >= 11 is 0. The van der Waals surface area contributed by atoms with Crippen LogP contribution in [0, 0.1) is 5.41 Å². The Kier molecular flexibility index (Phi) is 4.78. The van der Waals surface area contributed by atoms with Crippen LogP contribution >= 0.6 is 0 Å². The van der Waals surface area contributed by atoms with Crippen molar-refractivity contribution < 1.29 is 4.79 Å². The van der Waals surface area contributed by atoms with E-state index in [-0.39, 0.29) is 5.91 Å². The SMILES string of the molecule is O=C(NCCn1ccnn1)C1(Cc2ccccc2)CN(c2ncccn2)C1. The molecule has 4 rings (SSSR count). The molecule has 0 aliphatic carbocycles. The van der Waals surface area contributed by atoms with E-state index in [9.17, 15) is 4.79 Å². The fourth-order valence-corrected chi connectivity index (χ4v) is 3.43. The number of hydrogen-bond acceptors (Lipinski definition) is 6. The van der Waals surface area contributed by atoms with E-state index in [1.54, 1.807) is 35.5 Å². The summed E-state index contributed by atoms with van der Waals surface area (Å²) in [6.07, 6.45) is 7.54. The van der Waals surface area contributed by atoms with Gasteiger partial charge in [-0.15, -0.1) is 5.10 Å². The number of amides is 1. The number of anilines is 1. The highest BCUT2D eigenvalue weighted by atomic mass is 16.2. The van der Waals surface area contributed by atoms with Gasteiger partial charge in [0, 0.05) is 38.2 Å². The lowest BCUT2D eigenvalue weighted by molar-refractivity contribution is -0.132. The average Bonchev–Trinajstić information content (AvgIpc) is 3.19. The van der Waals surface area contributed by atoms with E-state index in [0.29, 0.717) is 38.5 Å². The Balaban J connectivity index is 1.44. The van der Waals surface area contributed by atoms with Gasteiger partial charge < -0.3 is 10.2 Å². The van der Waals surface area contributed by atoms with Gasteiger partial charge in [-0.3, -0.25) is 9.48 Å². The zero-order chi connectivity index (χ0) is 18.5. The summed E-state index contributed by atoms with van der Waals surface area (Å²) < 4.78 is 1.70. The predicted octanol–water partition coefficient (Wildman–Crippen LogP) is 0.934. The second-order valence-electron chi connectivity index (χ2n) is 6.77. The summed E-state index contributed by atoms with van der Waals surface area (Å²) in [6.45, 7) is 2.31. The van der Waals surface area contributed by atoms with Crippen molar-refractivity contribution in [1.29, 1.82) is 0 Å². The van der Waals surface area contributed by atoms with Crippen LogP contribution in [0.25, 0.3) is 0 Å². The van der Waals surface area contributed by atoms with Crippen LogP contribution in [0.3, 0.4) is 0 Å². The number of rotatable bonds is 7. The first-order valence-electron chi connectivity index (χ1n) is 8.93. The Morgan fingerprint density at radius 3 is 2.56 bits per heavy atom. The van der Waals surface area contributed by atoms with Gasteiger partial charge in [0.15, 0.2) is 0 Å². The van der Waals surface area contributed by atoms with Crippen molar-refractivity contribution >= 4 is 11.9 Å². The highest BCUT2D eigenvalue weighted by molar-refractivity contribution is 5.86. The number of carbonyl (C=O) groups excluding carboxylic acids is 1. The van der Waals surface area contributed by atoms with Gasteiger partial charge in [0.05, 0.1) is 18.2 Å². The van der Waals surface area contributed by atoms with Crippen molar-refractivity contribution in [3.63, 3.8) is 0 Å². The zero-order valence-electron chi connectivity index (χ0n) is 14.9. The second-order valence-corrected chi connectivity index (χ2v) is 6.77. The molecule has 1 fully saturated rings. The topological polar surface area (TPSA) is 88.8 Å². The number of nitrogens with zero attached hydrogens (tertiary/aromatic N) is 6. The normalized spacial score (nSPS) is 15.2. The Morgan fingerprint density at radius 2 is 1.85 bits per heavy atom. The first-order chi connectivity index (χ1) is 13.3. The molecule has 3 aromatic rings. The quantitative estimate of drug-likeness (QED) is 0.672. The van der Waals surface area contributed by atoms with E-state index < -0.39 is 5.41 Å². The van der Waals surface area contributed by atoms with Crippen molar-refractivity contribution in [2.45, 2.75) is 13.0 Å². The third-order valence-electron chi connectivity index (χ3n) is 4.79. The first-order valence-corrected chi connectivity index (χ1v) is 8.93. The van der Waals surface area contributed by atoms with E-state index in [2.05, 4.69) is 37.7 Å². The lowest BCUT2D eigenvalue weighted by atomic mass is 9.74. The van der Waals surface area contributed by atoms with Crippen LogP contribution in [-0.4, -0.2) is 50.5 Å². The Bertz CT molecular complexity index is 862. The van der Waals surface area contributed by atoms with Crippen molar-refractivity contribution in [3.05, 3.63) is 66.7 Å².